The minimum absolute atomic E-state index is 0.0366. The molecule has 0 saturated heterocycles. The summed E-state index contributed by atoms with van der Waals surface area (Å²) in [5, 5.41) is 12.2. The standard InChI is InChI=1S/C11H14FNO/c1-2-3-4-13-8-9-5-10(12)7-11(14)6-9/h2,5-7,13-14H,1,3-4,8H2. The van der Waals surface area contributed by atoms with Gasteiger partial charge in [-0.25, -0.2) is 4.39 Å². The molecule has 0 unspecified atom stereocenters. The summed E-state index contributed by atoms with van der Waals surface area (Å²) in [6, 6.07) is 4.04. The Kier molecular flexibility index (Phi) is 4.13. The number of hydrogen-bond acceptors (Lipinski definition) is 2. The summed E-state index contributed by atoms with van der Waals surface area (Å²) >= 11 is 0. The molecule has 0 atom stereocenters. The highest BCUT2D eigenvalue weighted by Gasteiger charge is 1.98. The van der Waals surface area contributed by atoms with Crippen LogP contribution in [-0.4, -0.2) is 11.7 Å². The van der Waals surface area contributed by atoms with Gasteiger partial charge in [0.15, 0.2) is 0 Å². The van der Waals surface area contributed by atoms with Crippen LogP contribution in [0.15, 0.2) is 30.9 Å². The number of rotatable bonds is 5. The monoisotopic (exact) mass is 195 g/mol. The molecule has 0 aliphatic heterocycles. The first-order valence-electron chi connectivity index (χ1n) is 4.52. The summed E-state index contributed by atoms with van der Waals surface area (Å²) < 4.78 is 12.8. The highest BCUT2D eigenvalue weighted by Crippen LogP contribution is 2.14. The molecule has 0 radical (unpaired) electrons. The molecule has 1 aromatic carbocycles. The summed E-state index contributed by atoms with van der Waals surface area (Å²) in [7, 11) is 0. The Balaban J connectivity index is 2.46. The summed E-state index contributed by atoms with van der Waals surface area (Å²) in [5.41, 5.74) is 0.742. The second-order valence-electron chi connectivity index (χ2n) is 3.07. The van der Waals surface area contributed by atoms with E-state index in [4.69, 9.17) is 5.11 Å². The molecule has 1 aromatic rings. The van der Waals surface area contributed by atoms with Crippen LogP contribution in [0.25, 0.3) is 0 Å². The van der Waals surface area contributed by atoms with Crippen molar-refractivity contribution in [3.63, 3.8) is 0 Å². The van der Waals surface area contributed by atoms with Gasteiger partial charge in [0.25, 0.3) is 0 Å². The Morgan fingerprint density at radius 1 is 1.43 bits per heavy atom. The maximum absolute atomic E-state index is 12.8. The summed E-state index contributed by atoms with van der Waals surface area (Å²) in [6.07, 6.45) is 2.69. The maximum atomic E-state index is 12.8. The van der Waals surface area contributed by atoms with Crippen LogP contribution in [0.1, 0.15) is 12.0 Å². The Labute approximate surface area is 83.1 Å². The predicted octanol–water partition coefficient (Wildman–Crippen LogP) is 2.20. The molecule has 0 spiro atoms. The zero-order chi connectivity index (χ0) is 10.4. The van der Waals surface area contributed by atoms with E-state index in [9.17, 15) is 4.39 Å². The fraction of sp³-hybridized carbons (Fsp3) is 0.273. The lowest BCUT2D eigenvalue weighted by atomic mass is 10.2. The number of phenolic OH excluding ortho intramolecular Hbond substituents is 1. The van der Waals surface area contributed by atoms with E-state index < -0.39 is 5.82 Å². The van der Waals surface area contributed by atoms with Gasteiger partial charge in [-0.2, -0.15) is 0 Å². The van der Waals surface area contributed by atoms with Crippen LogP contribution in [-0.2, 0) is 6.54 Å². The highest BCUT2D eigenvalue weighted by molar-refractivity contribution is 5.28. The molecule has 1 rings (SSSR count). The third-order valence-corrected chi connectivity index (χ3v) is 1.80. The second-order valence-corrected chi connectivity index (χ2v) is 3.07. The molecular weight excluding hydrogens is 181 g/mol. The molecule has 0 aromatic heterocycles. The quantitative estimate of drug-likeness (QED) is 0.557. The molecule has 0 saturated carbocycles. The zero-order valence-corrected chi connectivity index (χ0v) is 7.96. The van der Waals surface area contributed by atoms with Crippen molar-refractivity contribution in [2.75, 3.05) is 6.54 Å². The van der Waals surface area contributed by atoms with E-state index in [0.29, 0.717) is 6.54 Å². The molecule has 0 fully saturated rings. The number of nitrogens with one attached hydrogen (secondary N) is 1. The largest absolute Gasteiger partial charge is 0.508 e. The van der Waals surface area contributed by atoms with E-state index in [0.717, 1.165) is 24.6 Å². The van der Waals surface area contributed by atoms with Gasteiger partial charge in [0, 0.05) is 12.6 Å². The molecule has 0 heterocycles. The van der Waals surface area contributed by atoms with Gasteiger partial charge in [-0.15, -0.1) is 6.58 Å². The summed E-state index contributed by atoms with van der Waals surface area (Å²) in [6.45, 7) is 4.95. The van der Waals surface area contributed by atoms with Crippen molar-refractivity contribution >= 4 is 0 Å². The van der Waals surface area contributed by atoms with Gasteiger partial charge in [-0.3, -0.25) is 0 Å². The molecule has 0 bridgehead atoms. The first-order valence-corrected chi connectivity index (χ1v) is 4.52. The Morgan fingerprint density at radius 3 is 2.86 bits per heavy atom. The number of hydrogen-bond donors (Lipinski definition) is 2. The lowest BCUT2D eigenvalue weighted by molar-refractivity contribution is 0.467. The van der Waals surface area contributed by atoms with Gasteiger partial charge in [-0.05, 0) is 30.7 Å². The lowest BCUT2D eigenvalue weighted by Gasteiger charge is -2.04. The average Bonchev–Trinajstić information content (AvgIpc) is 2.11. The SMILES string of the molecule is C=CCCNCc1cc(O)cc(F)c1. The molecule has 3 heteroatoms. The van der Waals surface area contributed by atoms with Crippen molar-refractivity contribution in [1.29, 1.82) is 0 Å². The van der Waals surface area contributed by atoms with Crippen LogP contribution in [0.3, 0.4) is 0 Å². The van der Waals surface area contributed by atoms with Crippen LogP contribution in [0.2, 0.25) is 0 Å². The van der Waals surface area contributed by atoms with E-state index >= 15 is 0 Å². The maximum Gasteiger partial charge on any atom is 0.127 e. The summed E-state index contributed by atoms with van der Waals surface area (Å²) in [4.78, 5) is 0. The topological polar surface area (TPSA) is 32.3 Å². The zero-order valence-electron chi connectivity index (χ0n) is 7.96. The van der Waals surface area contributed by atoms with E-state index in [2.05, 4.69) is 11.9 Å². The van der Waals surface area contributed by atoms with Gasteiger partial charge >= 0.3 is 0 Å². The first kappa shape index (κ1) is 10.7. The normalized spacial score (nSPS) is 10.1. The van der Waals surface area contributed by atoms with Crippen molar-refractivity contribution in [3.05, 3.63) is 42.2 Å². The Morgan fingerprint density at radius 2 is 2.21 bits per heavy atom. The minimum atomic E-state index is -0.412. The fourth-order valence-corrected chi connectivity index (χ4v) is 1.17. The molecule has 14 heavy (non-hydrogen) atoms. The van der Waals surface area contributed by atoms with Crippen molar-refractivity contribution in [3.8, 4) is 5.75 Å². The molecule has 0 aliphatic rings. The van der Waals surface area contributed by atoms with Crippen molar-refractivity contribution in [1.82, 2.24) is 5.32 Å². The minimum Gasteiger partial charge on any atom is -0.508 e. The van der Waals surface area contributed by atoms with Crippen LogP contribution in [0.5, 0.6) is 5.75 Å². The molecule has 2 nitrogen and oxygen atoms in total. The van der Waals surface area contributed by atoms with Crippen LogP contribution < -0.4 is 5.32 Å². The van der Waals surface area contributed by atoms with Crippen LogP contribution >= 0.6 is 0 Å². The molecule has 2 N–H and O–H groups in total. The molecule has 0 amide bonds. The van der Waals surface area contributed by atoms with Gasteiger partial charge in [-0.1, -0.05) is 6.08 Å². The Hall–Kier alpha value is -1.35. The number of phenols is 1. The first-order chi connectivity index (χ1) is 6.72. The Bertz CT molecular complexity index is 292. The van der Waals surface area contributed by atoms with Crippen molar-refractivity contribution in [2.45, 2.75) is 13.0 Å². The van der Waals surface area contributed by atoms with Gasteiger partial charge in [0.1, 0.15) is 11.6 Å². The van der Waals surface area contributed by atoms with E-state index in [1.165, 1.54) is 6.07 Å². The van der Waals surface area contributed by atoms with E-state index in [1.807, 2.05) is 6.08 Å². The van der Waals surface area contributed by atoms with Crippen molar-refractivity contribution < 1.29 is 9.50 Å². The van der Waals surface area contributed by atoms with Crippen LogP contribution in [0, 0.1) is 5.82 Å². The number of halogens is 1. The lowest BCUT2D eigenvalue weighted by Crippen LogP contribution is -2.13. The molecule has 76 valence electrons. The number of benzene rings is 1. The van der Waals surface area contributed by atoms with Gasteiger partial charge in [0.05, 0.1) is 0 Å². The summed E-state index contributed by atoms with van der Waals surface area (Å²) in [5.74, 6) is -0.448. The number of aromatic hydroxyl groups is 1. The van der Waals surface area contributed by atoms with Gasteiger partial charge in [0.2, 0.25) is 0 Å². The van der Waals surface area contributed by atoms with E-state index in [1.54, 1.807) is 6.07 Å². The third-order valence-electron chi connectivity index (χ3n) is 1.80. The van der Waals surface area contributed by atoms with Gasteiger partial charge < -0.3 is 10.4 Å². The van der Waals surface area contributed by atoms with Crippen LogP contribution in [0.4, 0.5) is 4.39 Å². The van der Waals surface area contributed by atoms with Crippen molar-refractivity contribution in [2.24, 2.45) is 0 Å². The second kappa shape index (κ2) is 5.40. The van der Waals surface area contributed by atoms with E-state index in [-0.39, 0.29) is 5.75 Å². The third kappa shape index (κ3) is 3.58. The molecular formula is C11H14FNO. The smallest absolute Gasteiger partial charge is 0.127 e. The average molecular weight is 195 g/mol. The highest BCUT2D eigenvalue weighted by atomic mass is 19.1. The fourth-order valence-electron chi connectivity index (χ4n) is 1.17. The predicted molar refractivity (Wildman–Crippen MR) is 54.6 cm³/mol. The molecule has 0 aliphatic carbocycles.